The van der Waals surface area contributed by atoms with Gasteiger partial charge < -0.3 is 4.74 Å². The van der Waals surface area contributed by atoms with Crippen molar-refractivity contribution in [3.63, 3.8) is 0 Å². The van der Waals surface area contributed by atoms with Crippen LogP contribution in [0.1, 0.15) is 33.1 Å². The summed E-state index contributed by atoms with van der Waals surface area (Å²) in [4.78, 5) is 3.64. The third-order valence-electron chi connectivity index (χ3n) is 4.69. The molecule has 0 aromatic rings. The molecule has 0 radical (unpaired) electrons. The zero-order valence-corrected chi connectivity index (χ0v) is 13.2. The van der Waals surface area contributed by atoms with Gasteiger partial charge in [0.15, 0.2) is 5.60 Å². The molecule has 2 fully saturated rings. The van der Waals surface area contributed by atoms with Crippen LogP contribution in [-0.4, -0.2) is 66.4 Å². The first-order valence-corrected chi connectivity index (χ1v) is 7.85. The Kier molecular flexibility index (Phi) is 5.36. The molecule has 0 aromatic heterocycles. The van der Waals surface area contributed by atoms with Gasteiger partial charge in [0.25, 0.3) is 0 Å². The Hall–Kier alpha value is -0.840. The normalized spacial score (nSPS) is 29.8. The Balaban J connectivity index is 1.77. The van der Waals surface area contributed by atoms with E-state index in [2.05, 4.69) is 11.0 Å². The van der Waals surface area contributed by atoms with Crippen molar-refractivity contribution in [3.05, 3.63) is 0 Å². The maximum Gasteiger partial charge on any atom is 0.401 e. The van der Waals surface area contributed by atoms with Crippen LogP contribution >= 0.6 is 0 Å². The van der Waals surface area contributed by atoms with E-state index >= 15 is 0 Å². The summed E-state index contributed by atoms with van der Waals surface area (Å²) in [7, 11) is 0. The number of nitrogens with zero attached hydrogens (tertiary/aromatic N) is 3. The molecule has 4 nitrogen and oxygen atoms in total. The van der Waals surface area contributed by atoms with Crippen LogP contribution in [0.3, 0.4) is 0 Å². The van der Waals surface area contributed by atoms with Gasteiger partial charge in [-0.25, -0.2) is 0 Å². The zero-order valence-electron chi connectivity index (χ0n) is 13.2. The van der Waals surface area contributed by atoms with Crippen molar-refractivity contribution in [2.45, 2.75) is 57.0 Å². The lowest BCUT2D eigenvalue weighted by Gasteiger charge is -2.45. The lowest BCUT2D eigenvalue weighted by molar-refractivity contribution is -0.162. The molecule has 7 heteroatoms. The van der Waals surface area contributed by atoms with Gasteiger partial charge in [0.2, 0.25) is 0 Å². The fourth-order valence-electron chi connectivity index (χ4n) is 3.32. The summed E-state index contributed by atoms with van der Waals surface area (Å²) >= 11 is 0. The van der Waals surface area contributed by atoms with Gasteiger partial charge in [0, 0.05) is 31.7 Å². The number of alkyl halides is 3. The minimum atomic E-state index is -4.16. The van der Waals surface area contributed by atoms with E-state index < -0.39 is 18.3 Å². The van der Waals surface area contributed by atoms with Gasteiger partial charge >= 0.3 is 6.18 Å². The lowest BCUT2D eigenvalue weighted by atomic mass is 9.81. The van der Waals surface area contributed by atoms with E-state index in [9.17, 15) is 13.2 Å². The van der Waals surface area contributed by atoms with Crippen LogP contribution in [0.4, 0.5) is 13.2 Å². The van der Waals surface area contributed by atoms with Crippen molar-refractivity contribution in [2.75, 3.05) is 32.8 Å². The second-order valence-electron chi connectivity index (χ2n) is 6.55. The summed E-state index contributed by atoms with van der Waals surface area (Å²) in [5.41, 5.74) is -0.602. The first kappa shape index (κ1) is 17.5. The molecule has 1 heterocycles. The van der Waals surface area contributed by atoms with Gasteiger partial charge in [-0.2, -0.15) is 18.4 Å². The molecule has 1 aliphatic carbocycles. The maximum absolute atomic E-state index is 12.6. The van der Waals surface area contributed by atoms with Crippen LogP contribution in [-0.2, 0) is 4.74 Å². The van der Waals surface area contributed by atoms with E-state index in [0.29, 0.717) is 26.2 Å². The van der Waals surface area contributed by atoms with Gasteiger partial charge in [0.05, 0.1) is 19.2 Å². The molecule has 22 heavy (non-hydrogen) atoms. The number of hydrogen-bond acceptors (Lipinski definition) is 4. The summed E-state index contributed by atoms with van der Waals surface area (Å²) in [6.45, 7) is 5.14. The predicted molar refractivity (Wildman–Crippen MR) is 76.3 cm³/mol. The van der Waals surface area contributed by atoms with Gasteiger partial charge in [-0.05, 0) is 33.1 Å². The Morgan fingerprint density at radius 3 is 2.23 bits per heavy atom. The monoisotopic (exact) mass is 319 g/mol. The van der Waals surface area contributed by atoms with Gasteiger partial charge in [-0.3, -0.25) is 9.80 Å². The van der Waals surface area contributed by atoms with Crippen LogP contribution in [0.2, 0.25) is 0 Å². The third kappa shape index (κ3) is 4.34. The zero-order chi connectivity index (χ0) is 16.4. The molecule has 0 N–H and O–H groups in total. The van der Waals surface area contributed by atoms with Crippen LogP contribution in [0.5, 0.6) is 0 Å². The molecule has 2 rings (SSSR count). The Labute approximate surface area is 129 Å². The van der Waals surface area contributed by atoms with Crippen LogP contribution in [0, 0.1) is 11.3 Å². The molecule has 2 aliphatic rings. The van der Waals surface area contributed by atoms with E-state index in [1.54, 1.807) is 0 Å². The number of ether oxygens (including phenoxy) is 1. The van der Waals surface area contributed by atoms with Crippen molar-refractivity contribution in [1.82, 2.24) is 9.80 Å². The van der Waals surface area contributed by atoms with E-state index in [-0.39, 0.29) is 12.1 Å². The first-order valence-electron chi connectivity index (χ1n) is 7.85. The first-order chi connectivity index (χ1) is 10.2. The Morgan fingerprint density at radius 2 is 1.82 bits per heavy atom. The number of rotatable bonds is 5. The highest BCUT2D eigenvalue weighted by Crippen LogP contribution is 2.34. The summed E-state index contributed by atoms with van der Waals surface area (Å²) < 4.78 is 43.5. The molecule has 0 amide bonds. The molecule has 1 aliphatic heterocycles. The smallest absolute Gasteiger partial charge is 0.359 e. The quantitative estimate of drug-likeness (QED) is 0.780. The topological polar surface area (TPSA) is 39.5 Å². The van der Waals surface area contributed by atoms with Crippen molar-refractivity contribution in [3.8, 4) is 6.07 Å². The highest BCUT2D eigenvalue weighted by Gasteiger charge is 2.40. The van der Waals surface area contributed by atoms with Gasteiger partial charge in [-0.1, -0.05) is 0 Å². The molecule has 0 aromatic carbocycles. The highest BCUT2D eigenvalue weighted by molar-refractivity contribution is 5.07. The average Bonchev–Trinajstić information content (AvgIpc) is 2.36. The van der Waals surface area contributed by atoms with Crippen molar-refractivity contribution in [1.29, 1.82) is 5.26 Å². The molecule has 2 atom stereocenters. The number of halogens is 3. The predicted octanol–water partition coefficient (Wildman–Crippen LogP) is 2.41. The fourth-order valence-corrected chi connectivity index (χ4v) is 3.32. The third-order valence-corrected chi connectivity index (χ3v) is 4.69. The molecule has 1 saturated heterocycles. The minimum Gasteiger partial charge on any atom is -0.359 e. The van der Waals surface area contributed by atoms with E-state index in [1.165, 1.54) is 4.90 Å². The van der Waals surface area contributed by atoms with Crippen LogP contribution in [0.15, 0.2) is 0 Å². The summed E-state index contributed by atoms with van der Waals surface area (Å²) in [6.07, 6.45) is -1.56. The Bertz CT molecular complexity index is 405. The molecule has 0 spiro atoms. The SMILES string of the molecule is C[C@@H]1CN(CCOC2(C#N)CCC2)C[C@H](C)N1CC(F)(F)F. The Morgan fingerprint density at radius 1 is 1.23 bits per heavy atom. The molecule has 0 bridgehead atoms. The van der Waals surface area contributed by atoms with Crippen molar-refractivity contribution in [2.24, 2.45) is 0 Å². The van der Waals surface area contributed by atoms with E-state index in [0.717, 1.165) is 19.3 Å². The fraction of sp³-hybridized carbons (Fsp3) is 0.933. The summed E-state index contributed by atoms with van der Waals surface area (Å²) in [5.74, 6) is 0. The summed E-state index contributed by atoms with van der Waals surface area (Å²) in [5, 5.41) is 9.10. The van der Waals surface area contributed by atoms with Crippen LogP contribution in [0.25, 0.3) is 0 Å². The summed E-state index contributed by atoms with van der Waals surface area (Å²) in [6, 6.07) is 1.95. The second kappa shape index (κ2) is 6.73. The molecular weight excluding hydrogens is 295 g/mol. The molecule has 1 saturated carbocycles. The lowest BCUT2D eigenvalue weighted by Crippen LogP contribution is -2.59. The van der Waals surface area contributed by atoms with E-state index in [4.69, 9.17) is 10.00 Å². The molecular formula is C15H24F3N3O. The highest BCUT2D eigenvalue weighted by atomic mass is 19.4. The molecule has 126 valence electrons. The van der Waals surface area contributed by atoms with Crippen LogP contribution < -0.4 is 0 Å². The van der Waals surface area contributed by atoms with Crippen molar-refractivity contribution < 1.29 is 17.9 Å². The largest absolute Gasteiger partial charge is 0.401 e. The van der Waals surface area contributed by atoms with Crippen molar-refractivity contribution >= 4 is 0 Å². The van der Waals surface area contributed by atoms with Gasteiger partial charge in [-0.15, -0.1) is 0 Å². The van der Waals surface area contributed by atoms with Gasteiger partial charge in [0.1, 0.15) is 0 Å². The molecule has 0 unspecified atom stereocenters. The second-order valence-corrected chi connectivity index (χ2v) is 6.55. The number of nitriles is 1. The number of piperazine rings is 1. The minimum absolute atomic E-state index is 0.140. The van der Waals surface area contributed by atoms with E-state index in [1.807, 2.05) is 13.8 Å². The standard InChI is InChI=1S/C15H24F3N3O/c1-12-8-20(6-7-22-14(10-19)4-3-5-14)9-13(2)21(12)11-15(16,17)18/h12-13H,3-9,11H2,1-2H3/t12-,13+. The maximum atomic E-state index is 12.6. The number of hydrogen-bond donors (Lipinski definition) is 0. The average molecular weight is 319 g/mol.